The molecule has 34 heavy (non-hydrogen) atoms. The number of methoxy groups -OCH3 is 1. The Morgan fingerprint density at radius 1 is 1.15 bits per heavy atom. The molecule has 1 aliphatic rings. The van der Waals surface area contributed by atoms with Crippen LogP contribution >= 0.6 is 0 Å². The molecule has 1 atom stereocenters. The van der Waals surface area contributed by atoms with Gasteiger partial charge in [0, 0.05) is 31.1 Å². The van der Waals surface area contributed by atoms with Crippen LogP contribution in [0, 0.1) is 6.92 Å². The number of carbonyl (C=O) groups excluding carboxylic acids is 2. The summed E-state index contributed by atoms with van der Waals surface area (Å²) in [6.45, 7) is 7.62. The van der Waals surface area contributed by atoms with Crippen LogP contribution in [0.25, 0.3) is 6.08 Å². The second kappa shape index (κ2) is 10.4. The van der Waals surface area contributed by atoms with Gasteiger partial charge in [-0.05, 0) is 31.4 Å². The summed E-state index contributed by atoms with van der Waals surface area (Å²) in [4.78, 5) is 36.1. The topological polar surface area (TPSA) is 110 Å². The Hall–Kier alpha value is -3.11. The smallest absolute Gasteiger partial charge is 0.342 e. The van der Waals surface area contributed by atoms with Crippen molar-refractivity contribution >= 4 is 28.0 Å². The molecule has 3 rings (SSSR count). The highest BCUT2D eigenvalue weighted by atomic mass is 32.2. The zero-order valence-corrected chi connectivity index (χ0v) is 20.9. The molecule has 1 saturated heterocycles. The molecule has 2 heterocycles. The summed E-state index contributed by atoms with van der Waals surface area (Å²) in [6.07, 6.45) is 1.55. The normalized spacial score (nSPS) is 17.4. The van der Waals surface area contributed by atoms with Crippen LogP contribution < -0.4 is 0 Å². The van der Waals surface area contributed by atoms with Gasteiger partial charge in [-0.25, -0.2) is 23.2 Å². The van der Waals surface area contributed by atoms with E-state index in [0.29, 0.717) is 11.5 Å². The van der Waals surface area contributed by atoms with Crippen molar-refractivity contribution in [1.82, 2.24) is 19.2 Å². The van der Waals surface area contributed by atoms with E-state index in [0.717, 1.165) is 5.56 Å². The van der Waals surface area contributed by atoms with E-state index in [1.165, 1.54) is 21.7 Å². The van der Waals surface area contributed by atoms with E-state index in [9.17, 15) is 18.0 Å². The van der Waals surface area contributed by atoms with E-state index < -0.39 is 27.9 Å². The maximum absolute atomic E-state index is 13.4. The lowest BCUT2D eigenvalue weighted by atomic mass is 10.0. The average Bonchev–Trinajstić information content (AvgIpc) is 2.81. The number of sulfonamides is 1. The molecular formula is C24H30N4O5S. The number of amides is 1. The first-order chi connectivity index (χ1) is 16.0. The van der Waals surface area contributed by atoms with Crippen molar-refractivity contribution < 1.29 is 22.7 Å². The molecular weight excluding hydrogens is 456 g/mol. The van der Waals surface area contributed by atoms with Crippen molar-refractivity contribution in [3.05, 3.63) is 64.1 Å². The molecule has 0 aliphatic carbocycles. The van der Waals surface area contributed by atoms with Crippen LogP contribution in [0.2, 0.25) is 0 Å². The molecule has 1 unspecified atom stereocenters. The van der Waals surface area contributed by atoms with Gasteiger partial charge in [-0.3, -0.25) is 4.79 Å². The average molecular weight is 487 g/mol. The Labute approximate surface area is 200 Å². The van der Waals surface area contributed by atoms with Gasteiger partial charge >= 0.3 is 5.97 Å². The number of hydrogen-bond donors (Lipinski definition) is 0. The van der Waals surface area contributed by atoms with E-state index in [4.69, 9.17) is 4.74 Å². The Morgan fingerprint density at radius 2 is 1.82 bits per heavy atom. The van der Waals surface area contributed by atoms with Crippen molar-refractivity contribution in [3.63, 3.8) is 0 Å². The second-order valence-corrected chi connectivity index (χ2v) is 10.3. The van der Waals surface area contributed by atoms with Crippen LogP contribution in [0.4, 0.5) is 0 Å². The first-order valence-corrected chi connectivity index (χ1v) is 12.6. The maximum atomic E-state index is 13.4. The lowest BCUT2D eigenvalue weighted by Gasteiger charge is -2.38. The molecule has 2 aromatic rings. The van der Waals surface area contributed by atoms with Gasteiger partial charge in [0.2, 0.25) is 10.0 Å². The zero-order valence-electron chi connectivity index (χ0n) is 20.1. The van der Waals surface area contributed by atoms with Gasteiger partial charge in [0.15, 0.2) is 0 Å². The fraction of sp³-hybridized carbons (Fsp3) is 0.417. The van der Waals surface area contributed by atoms with Gasteiger partial charge in [0.05, 0.1) is 12.8 Å². The monoisotopic (exact) mass is 486 g/mol. The third-order valence-electron chi connectivity index (χ3n) is 5.60. The number of piperazine rings is 1. The quantitative estimate of drug-likeness (QED) is 0.578. The molecule has 9 nitrogen and oxygen atoms in total. The molecule has 182 valence electrons. The molecule has 10 heteroatoms. The molecule has 0 bridgehead atoms. The number of esters is 1. The highest BCUT2D eigenvalue weighted by Crippen LogP contribution is 2.24. The number of rotatable bonds is 6. The van der Waals surface area contributed by atoms with Gasteiger partial charge in [0.25, 0.3) is 5.91 Å². The standard InChI is InChI=1S/C24H30N4O5S/c1-16(2)21-20(24(30)33-5)22(26-18(4)25-21)23(29)27-12-13-28(17(3)15-27)34(31,32)14-11-19-9-7-6-8-10-19/h6-11,14,16-17H,12-13,15H2,1-5H3. The summed E-state index contributed by atoms with van der Waals surface area (Å²) in [5.41, 5.74) is 1.27. The molecule has 0 saturated carbocycles. The molecule has 0 spiro atoms. The van der Waals surface area contributed by atoms with Gasteiger partial charge in [-0.1, -0.05) is 44.2 Å². The number of nitrogens with zero attached hydrogens (tertiary/aromatic N) is 4. The number of carbonyl (C=O) groups is 2. The van der Waals surface area contributed by atoms with E-state index in [1.807, 2.05) is 44.2 Å². The summed E-state index contributed by atoms with van der Waals surface area (Å²) in [5, 5.41) is 1.19. The third-order valence-corrected chi connectivity index (χ3v) is 7.28. The molecule has 1 amide bonds. The van der Waals surface area contributed by atoms with Crippen LogP contribution in [-0.4, -0.2) is 72.3 Å². The minimum Gasteiger partial charge on any atom is -0.465 e. The van der Waals surface area contributed by atoms with Gasteiger partial charge in [-0.2, -0.15) is 4.31 Å². The number of aromatic nitrogens is 2. The summed E-state index contributed by atoms with van der Waals surface area (Å²) < 4.78 is 32.1. The summed E-state index contributed by atoms with van der Waals surface area (Å²) in [5.74, 6) is -0.872. The SMILES string of the molecule is COC(=O)c1c(C(=O)N2CCN(S(=O)(=O)C=Cc3ccccc3)C(C)C2)nc(C)nc1C(C)C. The highest BCUT2D eigenvalue weighted by Gasteiger charge is 2.36. The van der Waals surface area contributed by atoms with E-state index in [-0.39, 0.29) is 36.8 Å². The van der Waals surface area contributed by atoms with Crippen molar-refractivity contribution in [2.75, 3.05) is 26.7 Å². The third kappa shape index (κ3) is 5.51. The minimum absolute atomic E-state index is 0.0180. The zero-order chi connectivity index (χ0) is 25.0. The van der Waals surface area contributed by atoms with Crippen LogP contribution in [-0.2, 0) is 14.8 Å². The number of hydrogen-bond acceptors (Lipinski definition) is 7. The van der Waals surface area contributed by atoms with Crippen molar-refractivity contribution in [2.45, 2.75) is 39.7 Å². The summed E-state index contributed by atoms with van der Waals surface area (Å²) in [6, 6.07) is 8.71. The first kappa shape index (κ1) is 25.5. The predicted octanol–water partition coefficient (Wildman–Crippen LogP) is 2.84. The molecule has 1 aromatic carbocycles. The Morgan fingerprint density at radius 3 is 2.41 bits per heavy atom. The van der Waals surface area contributed by atoms with Gasteiger partial charge in [0.1, 0.15) is 17.1 Å². The van der Waals surface area contributed by atoms with Crippen LogP contribution in [0.1, 0.15) is 64.6 Å². The predicted molar refractivity (Wildman–Crippen MR) is 129 cm³/mol. The molecule has 1 fully saturated rings. The second-order valence-electron chi connectivity index (χ2n) is 8.50. The maximum Gasteiger partial charge on any atom is 0.342 e. The largest absolute Gasteiger partial charge is 0.465 e. The van der Waals surface area contributed by atoms with Crippen LogP contribution in [0.3, 0.4) is 0 Å². The van der Waals surface area contributed by atoms with Crippen molar-refractivity contribution in [1.29, 1.82) is 0 Å². The van der Waals surface area contributed by atoms with E-state index in [1.54, 1.807) is 19.9 Å². The summed E-state index contributed by atoms with van der Waals surface area (Å²) in [7, 11) is -2.43. The number of ether oxygens (including phenoxy) is 1. The highest BCUT2D eigenvalue weighted by molar-refractivity contribution is 7.92. The fourth-order valence-electron chi connectivity index (χ4n) is 3.93. The van der Waals surface area contributed by atoms with E-state index >= 15 is 0 Å². The van der Waals surface area contributed by atoms with Crippen molar-refractivity contribution in [2.24, 2.45) is 0 Å². The number of benzene rings is 1. The van der Waals surface area contributed by atoms with Crippen LogP contribution in [0.15, 0.2) is 35.7 Å². The Bertz CT molecular complexity index is 1200. The molecule has 0 N–H and O–H groups in total. The van der Waals surface area contributed by atoms with Crippen molar-refractivity contribution in [3.8, 4) is 0 Å². The lowest BCUT2D eigenvalue weighted by Crippen LogP contribution is -2.55. The Kier molecular flexibility index (Phi) is 7.83. The lowest BCUT2D eigenvalue weighted by molar-refractivity contribution is 0.0569. The van der Waals surface area contributed by atoms with Crippen LogP contribution in [0.5, 0.6) is 0 Å². The molecule has 0 radical (unpaired) electrons. The number of aryl methyl sites for hydroxylation is 1. The molecule has 1 aliphatic heterocycles. The fourth-order valence-corrected chi connectivity index (χ4v) is 5.32. The van der Waals surface area contributed by atoms with Gasteiger partial charge < -0.3 is 9.64 Å². The minimum atomic E-state index is -3.68. The van der Waals surface area contributed by atoms with E-state index in [2.05, 4.69) is 9.97 Å². The first-order valence-electron chi connectivity index (χ1n) is 11.1. The molecule has 1 aromatic heterocycles. The Balaban J connectivity index is 1.84. The van der Waals surface area contributed by atoms with Gasteiger partial charge in [-0.15, -0.1) is 0 Å². The summed E-state index contributed by atoms with van der Waals surface area (Å²) >= 11 is 0.